The van der Waals surface area contributed by atoms with E-state index in [0.717, 1.165) is 5.57 Å². The molecule has 0 saturated carbocycles. The second-order valence-electron chi connectivity index (χ2n) is 3.96. The van der Waals surface area contributed by atoms with Gasteiger partial charge in [-0.3, -0.25) is 9.59 Å². The molecule has 4 heteroatoms. The quantitative estimate of drug-likeness (QED) is 0.432. The van der Waals surface area contributed by atoms with Gasteiger partial charge in [0.1, 0.15) is 0 Å². The maximum absolute atomic E-state index is 11.8. The lowest BCUT2D eigenvalue weighted by molar-refractivity contribution is -0.115. The molecule has 19 heavy (non-hydrogen) atoms. The van der Waals surface area contributed by atoms with E-state index < -0.39 is 11.8 Å². The molecule has 0 N–H and O–H groups in total. The van der Waals surface area contributed by atoms with E-state index in [-0.39, 0.29) is 5.57 Å². The summed E-state index contributed by atoms with van der Waals surface area (Å²) in [6, 6.07) is 0. The van der Waals surface area contributed by atoms with Crippen LogP contribution in [-0.2, 0) is 9.59 Å². The molecule has 2 amide bonds. The van der Waals surface area contributed by atoms with Gasteiger partial charge >= 0.3 is 0 Å². The van der Waals surface area contributed by atoms with Crippen LogP contribution in [0.25, 0.3) is 0 Å². The second-order valence-corrected chi connectivity index (χ2v) is 3.96. The summed E-state index contributed by atoms with van der Waals surface area (Å²) in [5.74, 6) is -1.04. The summed E-state index contributed by atoms with van der Waals surface area (Å²) >= 11 is 0. The number of amides is 2. The van der Waals surface area contributed by atoms with E-state index in [2.05, 4.69) is 36.6 Å². The van der Waals surface area contributed by atoms with Gasteiger partial charge in [-0.1, -0.05) is 24.8 Å². The zero-order valence-corrected chi connectivity index (χ0v) is 11.6. The lowest BCUT2D eigenvalue weighted by atomic mass is 9.90. The minimum atomic E-state index is -0.573. The van der Waals surface area contributed by atoms with Crippen LogP contribution in [0.2, 0.25) is 0 Å². The van der Waals surface area contributed by atoms with Gasteiger partial charge in [0.05, 0.1) is 0 Å². The van der Waals surface area contributed by atoms with Crippen LogP contribution in [-0.4, -0.2) is 25.2 Å². The molecular formula is C15H18N2O2. The van der Waals surface area contributed by atoms with Gasteiger partial charge in [0, 0.05) is 11.1 Å². The first-order valence-corrected chi connectivity index (χ1v) is 5.56. The van der Waals surface area contributed by atoms with Crippen molar-refractivity contribution in [1.29, 1.82) is 0 Å². The van der Waals surface area contributed by atoms with Crippen molar-refractivity contribution in [1.82, 2.24) is 0 Å². The minimum absolute atomic E-state index is 0.0960. The molecule has 0 aromatic rings. The van der Waals surface area contributed by atoms with Crippen molar-refractivity contribution in [3.63, 3.8) is 0 Å². The SMILES string of the molecule is C=NC(=O)C(=C)C(=C)C(=CC)C(C(=O)N=C)=C(C)C. The Morgan fingerprint density at radius 3 is 1.74 bits per heavy atom. The molecule has 0 heterocycles. The Morgan fingerprint density at radius 1 is 0.947 bits per heavy atom. The monoisotopic (exact) mass is 258 g/mol. The first kappa shape index (κ1) is 16.6. The first-order chi connectivity index (χ1) is 8.81. The highest BCUT2D eigenvalue weighted by Gasteiger charge is 2.20. The number of carbonyl (C=O) groups excluding carboxylic acids is 2. The third-order valence-electron chi connectivity index (χ3n) is 2.51. The predicted molar refractivity (Wildman–Crippen MR) is 79.5 cm³/mol. The zero-order chi connectivity index (χ0) is 15.2. The fraction of sp³-hybridized carbons (Fsp3) is 0.200. The average Bonchev–Trinajstić information content (AvgIpc) is 2.40. The van der Waals surface area contributed by atoms with Gasteiger partial charge < -0.3 is 0 Å². The van der Waals surface area contributed by atoms with E-state index in [9.17, 15) is 9.59 Å². The Hall–Kier alpha value is -2.36. The van der Waals surface area contributed by atoms with Crippen LogP contribution in [0.1, 0.15) is 20.8 Å². The first-order valence-electron chi connectivity index (χ1n) is 5.56. The Morgan fingerprint density at radius 2 is 1.42 bits per heavy atom. The molecule has 0 aliphatic rings. The van der Waals surface area contributed by atoms with Crippen molar-refractivity contribution in [2.45, 2.75) is 20.8 Å². The molecular weight excluding hydrogens is 240 g/mol. The van der Waals surface area contributed by atoms with Gasteiger partial charge in [-0.2, -0.15) is 0 Å². The molecule has 0 aliphatic carbocycles. The Labute approximate surface area is 113 Å². The molecule has 100 valence electrons. The van der Waals surface area contributed by atoms with Gasteiger partial charge in [0.2, 0.25) is 0 Å². The number of hydrogen-bond donors (Lipinski definition) is 0. The molecule has 0 bridgehead atoms. The van der Waals surface area contributed by atoms with Crippen molar-refractivity contribution in [3.05, 3.63) is 47.1 Å². The third-order valence-corrected chi connectivity index (χ3v) is 2.51. The number of carbonyl (C=O) groups is 2. The molecule has 0 fully saturated rings. The van der Waals surface area contributed by atoms with Crippen molar-refractivity contribution < 1.29 is 9.59 Å². The van der Waals surface area contributed by atoms with Crippen LogP contribution in [0.3, 0.4) is 0 Å². The van der Waals surface area contributed by atoms with E-state index in [0.29, 0.717) is 16.7 Å². The Balaban J connectivity index is 5.76. The molecule has 0 unspecified atom stereocenters. The van der Waals surface area contributed by atoms with Crippen molar-refractivity contribution >= 4 is 25.2 Å². The standard InChI is InChI=1S/C15H18N2O2/c1-8-12(10(4)11(5)14(18)16-6)13(9(2)3)15(19)17-7/h8H,4-7H2,1-3H3. The van der Waals surface area contributed by atoms with Crippen LogP contribution in [0.4, 0.5) is 0 Å². The summed E-state index contributed by atoms with van der Waals surface area (Å²) < 4.78 is 0. The smallest absolute Gasteiger partial charge is 0.267 e. The minimum Gasteiger partial charge on any atom is -0.267 e. The number of aliphatic imine (C=N–C) groups is 2. The average molecular weight is 258 g/mol. The maximum atomic E-state index is 11.8. The van der Waals surface area contributed by atoms with Gasteiger partial charge in [-0.25, -0.2) is 9.98 Å². The molecule has 0 aliphatic heterocycles. The van der Waals surface area contributed by atoms with E-state index in [1.54, 1.807) is 26.8 Å². The van der Waals surface area contributed by atoms with Crippen LogP contribution >= 0.6 is 0 Å². The molecule has 0 rings (SSSR count). The number of hydrogen-bond acceptors (Lipinski definition) is 2. The van der Waals surface area contributed by atoms with Gasteiger partial charge in [-0.15, -0.1) is 0 Å². The lowest BCUT2D eigenvalue weighted by Crippen LogP contribution is -2.09. The normalized spacial score (nSPS) is 10.4. The predicted octanol–water partition coefficient (Wildman–Crippen LogP) is 2.84. The van der Waals surface area contributed by atoms with Gasteiger partial charge in [-0.05, 0) is 45.4 Å². The van der Waals surface area contributed by atoms with Gasteiger partial charge in [0.15, 0.2) is 0 Å². The maximum Gasteiger partial charge on any atom is 0.276 e. The van der Waals surface area contributed by atoms with Crippen LogP contribution in [0.15, 0.2) is 57.1 Å². The Bertz CT molecular complexity index is 530. The topological polar surface area (TPSA) is 58.9 Å². The molecule has 0 spiro atoms. The summed E-state index contributed by atoms with van der Waals surface area (Å²) in [4.78, 5) is 29.9. The summed E-state index contributed by atoms with van der Waals surface area (Å²) in [6.07, 6.45) is 1.68. The van der Waals surface area contributed by atoms with Crippen molar-refractivity contribution in [2.24, 2.45) is 9.98 Å². The number of rotatable bonds is 5. The highest BCUT2D eigenvalue weighted by molar-refractivity contribution is 6.06. The van der Waals surface area contributed by atoms with E-state index in [1.165, 1.54) is 0 Å². The van der Waals surface area contributed by atoms with Crippen LogP contribution in [0.5, 0.6) is 0 Å². The summed E-state index contributed by atoms with van der Waals surface area (Å²) in [5, 5.41) is 0. The van der Waals surface area contributed by atoms with Crippen molar-refractivity contribution in [2.75, 3.05) is 0 Å². The number of allylic oxidation sites excluding steroid dienone is 2. The highest BCUT2D eigenvalue weighted by atomic mass is 16.1. The number of nitrogens with zero attached hydrogens (tertiary/aromatic N) is 2. The Kier molecular flexibility index (Phi) is 6.27. The fourth-order valence-corrected chi connectivity index (χ4v) is 1.53. The fourth-order valence-electron chi connectivity index (χ4n) is 1.53. The van der Waals surface area contributed by atoms with E-state index in [4.69, 9.17) is 0 Å². The van der Waals surface area contributed by atoms with Gasteiger partial charge in [0.25, 0.3) is 11.8 Å². The largest absolute Gasteiger partial charge is 0.276 e. The summed E-state index contributed by atoms with van der Waals surface area (Å²) in [5.41, 5.74) is 2.03. The second kappa shape index (κ2) is 7.16. The lowest BCUT2D eigenvalue weighted by Gasteiger charge is -2.14. The summed E-state index contributed by atoms with van der Waals surface area (Å²) in [6.45, 7) is 19.1. The molecule has 0 radical (unpaired) electrons. The van der Waals surface area contributed by atoms with Crippen LogP contribution < -0.4 is 0 Å². The van der Waals surface area contributed by atoms with E-state index in [1.807, 2.05) is 0 Å². The molecule has 0 aromatic heterocycles. The van der Waals surface area contributed by atoms with Crippen molar-refractivity contribution in [3.8, 4) is 0 Å². The highest BCUT2D eigenvalue weighted by Crippen LogP contribution is 2.27. The zero-order valence-electron chi connectivity index (χ0n) is 11.6. The summed E-state index contributed by atoms with van der Waals surface area (Å²) in [7, 11) is 0. The molecule has 0 atom stereocenters. The molecule has 4 nitrogen and oxygen atoms in total. The van der Waals surface area contributed by atoms with E-state index >= 15 is 0 Å². The molecule has 0 aromatic carbocycles. The molecule has 0 saturated heterocycles. The third kappa shape index (κ3) is 3.81. The van der Waals surface area contributed by atoms with Crippen LogP contribution in [0, 0.1) is 0 Å².